The van der Waals surface area contributed by atoms with E-state index in [9.17, 15) is 23.3 Å². The number of hydrogen-bond donors (Lipinski definition) is 1. The number of non-ortho nitro benzene ring substituents is 1. The zero-order chi connectivity index (χ0) is 20.1. The molecule has 1 N–H and O–H groups in total. The highest BCUT2D eigenvalue weighted by atomic mass is 32.2. The Balaban J connectivity index is 1.54. The predicted octanol–water partition coefficient (Wildman–Crippen LogP) is 1.82. The van der Waals surface area contributed by atoms with Crippen molar-refractivity contribution in [3.8, 4) is 0 Å². The number of nitrogens with one attached hydrogen (secondary N) is 1. The summed E-state index contributed by atoms with van der Waals surface area (Å²) in [6.07, 6.45) is 4.49. The normalized spacial score (nSPS) is 15.4. The fourth-order valence-electron chi connectivity index (χ4n) is 3.09. The van der Waals surface area contributed by atoms with E-state index in [0.717, 1.165) is 6.07 Å². The van der Waals surface area contributed by atoms with Crippen LogP contribution in [0.2, 0.25) is 0 Å². The van der Waals surface area contributed by atoms with E-state index in [1.807, 2.05) is 0 Å². The van der Waals surface area contributed by atoms with Gasteiger partial charge >= 0.3 is 0 Å². The van der Waals surface area contributed by atoms with Gasteiger partial charge in [0.2, 0.25) is 10.0 Å². The van der Waals surface area contributed by atoms with Gasteiger partial charge in [0.15, 0.2) is 0 Å². The van der Waals surface area contributed by atoms with Crippen molar-refractivity contribution in [2.45, 2.75) is 17.7 Å². The van der Waals surface area contributed by atoms with Gasteiger partial charge in [-0.2, -0.15) is 0 Å². The second-order valence-electron chi connectivity index (χ2n) is 6.58. The van der Waals surface area contributed by atoms with Crippen molar-refractivity contribution in [2.24, 2.45) is 5.92 Å². The van der Waals surface area contributed by atoms with Gasteiger partial charge in [-0.1, -0.05) is 6.07 Å². The molecule has 1 saturated heterocycles. The monoisotopic (exact) mass is 404 g/mol. The van der Waals surface area contributed by atoms with Crippen molar-refractivity contribution in [1.29, 1.82) is 0 Å². The summed E-state index contributed by atoms with van der Waals surface area (Å²) in [6.45, 7) is 1.32. The van der Waals surface area contributed by atoms with Crippen molar-refractivity contribution in [3.05, 3.63) is 64.5 Å². The lowest BCUT2D eigenvalue weighted by Gasteiger charge is -2.32. The summed E-state index contributed by atoms with van der Waals surface area (Å²) in [4.78, 5) is 28.1. The third-order valence-corrected chi connectivity index (χ3v) is 6.15. The molecule has 2 heterocycles. The topological polar surface area (TPSA) is 123 Å². The number of piperidine rings is 1. The lowest BCUT2D eigenvalue weighted by molar-refractivity contribution is -0.385. The molecule has 1 aliphatic rings. The molecule has 3 rings (SSSR count). The van der Waals surface area contributed by atoms with Gasteiger partial charge in [-0.05, 0) is 37.0 Å². The average Bonchev–Trinajstić information content (AvgIpc) is 2.73. The van der Waals surface area contributed by atoms with Gasteiger partial charge in [-0.3, -0.25) is 19.9 Å². The summed E-state index contributed by atoms with van der Waals surface area (Å²) >= 11 is 0. The zero-order valence-electron chi connectivity index (χ0n) is 15.0. The molecule has 1 fully saturated rings. The molecule has 0 atom stereocenters. The van der Waals surface area contributed by atoms with Crippen LogP contribution in [0.15, 0.2) is 53.7 Å². The number of nitro groups is 1. The molecule has 0 radical (unpaired) electrons. The minimum absolute atomic E-state index is 0.0574. The Bertz CT molecular complexity index is 957. The van der Waals surface area contributed by atoms with E-state index in [1.165, 1.54) is 18.2 Å². The molecule has 0 aliphatic carbocycles. The second-order valence-corrected chi connectivity index (χ2v) is 8.34. The Morgan fingerprint density at radius 1 is 1.21 bits per heavy atom. The highest BCUT2D eigenvalue weighted by Gasteiger charge is 2.25. The molecule has 1 aliphatic heterocycles. The number of nitrogens with zero attached hydrogens (tertiary/aromatic N) is 3. The van der Waals surface area contributed by atoms with Crippen LogP contribution in [0.25, 0.3) is 0 Å². The molecule has 9 nitrogen and oxygen atoms in total. The Morgan fingerprint density at radius 3 is 2.54 bits per heavy atom. The van der Waals surface area contributed by atoms with Crippen LogP contribution in [0, 0.1) is 16.0 Å². The van der Waals surface area contributed by atoms with Gasteiger partial charge in [0.1, 0.15) is 0 Å². The molecular weight excluding hydrogens is 384 g/mol. The van der Waals surface area contributed by atoms with E-state index in [2.05, 4.69) is 9.71 Å². The number of carbonyl (C=O) groups excluding carboxylic acids is 1. The van der Waals surface area contributed by atoms with Crippen LogP contribution < -0.4 is 4.72 Å². The van der Waals surface area contributed by atoms with Crippen molar-refractivity contribution >= 4 is 21.6 Å². The van der Waals surface area contributed by atoms with Crippen LogP contribution in [0.3, 0.4) is 0 Å². The van der Waals surface area contributed by atoms with Crippen LogP contribution in [-0.4, -0.2) is 48.8 Å². The lowest BCUT2D eigenvalue weighted by Crippen LogP contribution is -2.41. The number of nitro benzene ring substituents is 1. The standard InChI is InChI=1S/C18H20N4O5S/c23-18(15-4-8-19-9-5-15)21-10-6-14(7-11-21)13-20-28(26,27)17-3-1-2-16(12-17)22(24)25/h1-5,8-9,12,14,20H,6-7,10-11,13H2. The molecule has 0 saturated carbocycles. The summed E-state index contributed by atoms with van der Waals surface area (Å²) < 4.78 is 27.3. The first kappa shape index (κ1) is 19.9. The largest absolute Gasteiger partial charge is 0.339 e. The van der Waals surface area contributed by atoms with Gasteiger partial charge in [0, 0.05) is 49.7 Å². The minimum Gasteiger partial charge on any atom is -0.339 e. The van der Waals surface area contributed by atoms with E-state index in [1.54, 1.807) is 29.4 Å². The summed E-state index contributed by atoms with van der Waals surface area (Å²) in [5.41, 5.74) is 0.311. The summed E-state index contributed by atoms with van der Waals surface area (Å²) in [7, 11) is -3.83. The lowest BCUT2D eigenvalue weighted by atomic mass is 9.97. The highest BCUT2D eigenvalue weighted by molar-refractivity contribution is 7.89. The zero-order valence-corrected chi connectivity index (χ0v) is 15.8. The molecule has 0 bridgehead atoms. The Labute approximate surface area is 162 Å². The van der Waals surface area contributed by atoms with E-state index in [0.29, 0.717) is 31.5 Å². The molecule has 1 amide bonds. The van der Waals surface area contributed by atoms with Crippen molar-refractivity contribution in [2.75, 3.05) is 19.6 Å². The SMILES string of the molecule is O=C(c1ccncc1)N1CCC(CNS(=O)(=O)c2cccc([N+](=O)[O-])c2)CC1. The van der Waals surface area contributed by atoms with Crippen molar-refractivity contribution in [1.82, 2.24) is 14.6 Å². The van der Waals surface area contributed by atoms with Crippen molar-refractivity contribution in [3.63, 3.8) is 0 Å². The van der Waals surface area contributed by atoms with Crippen molar-refractivity contribution < 1.29 is 18.1 Å². The number of rotatable bonds is 6. The third-order valence-electron chi connectivity index (χ3n) is 4.73. The number of amides is 1. The van der Waals surface area contributed by atoms with E-state index < -0.39 is 14.9 Å². The molecule has 28 heavy (non-hydrogen) atoms. The Morgan fingerprint density at radius 2 is 1.89 bits per heavy atom. The summed E-state index contributed by atoms with van der Waals surface area (Å²) in [5.74, 6) is 0.0352. The maximum absolute atomic E-state index is 12.4. The molecule has 2 aromatic rings. The van der Waals surface area contributed by atoms with E-state index >= 15 is 0 Å². The average molecular weight is 404 g/mol. The molecule has 148 valence electrons. The summed E-state index contributed by atoms with van der Waals surface area (Å²) in [5, 5.41) is 10.8. The fraction of sp³-hybridized carbons (Fsp3) is 0.333. The van der Waals surface area contributed by atoms with Crippen LogP contribution in [-0.2, 0) is 10.0 Å². The quantitative estimate of drug-likeness (QED) is 0.579. The van der Waals surface area contributed by atoms with E-state index in [4.69, 9.17) is 0 Å². The first-order chi connectivity index (χ1) is 13.4. The molecular formula is C18H20N4O5S. The maximum Gasteiger partial charge on any atom is 0.270 e. The van der Waals surface area contributed by atoms with Gasteiger partial charge in [-0.15, -0.1) is 0 Å². The number of aromatic nitrogens is 1. The van der Waals surface area contributed by atoms with Gasteiger partial charge < -0.3 is 4.90 Å². The third kappa shape index (κ3) is 4.70. The molecule has 0 spiro atoms. The van der Waals surface area contributed by atoms with Crippen LogP contribution in [0.5, 0.6) is 0 Å². The molecule has 10 heteroatoms. The minimum atomic E-state index is -3.83. The number of likely N-dealkylation sites (tertiary alicyclic amines) is 1. The Hall–Kier alpha value is -2.85. The Kier molecular flexibility index (Phi) is 6.00. The first-order valence-electron chi connectivity index (χ1n) is 8.80. The van der Waals surface area contributed by atoms with Gasteiger partial charge in [-0.25, -0.2) is 13.1 Å². The second kappa shape index (κ2) is 8.44. The van der Waals surface area contributed by atoms with Crippen LogP contribution in [0.1, 0.15) is 23.2 Å². The summed E-state index contributed by atoms with van der Waals surface area (Å²) in [6, 6.07) is 8.29. The fourth-order valence-corrected chi connectivity index (χ4v) is 4.25. The molecule has 0 unspecified atom stereocenters. The number of pyridine rings is 1. The number of sulfonamides is 1. The van der Waals surface area contributed by atoms with Crippen LogP contribution >= 0.6 is 0 Å². The number of benzene rings is 1. The van der Waals surface area contributed by atoms with E-state index in [-0.39, 0.29) is 29.0 Å². The van der Waals surface area contributed by atoms with Gasteiger partial charge in [0.25, 0.3) is 11.6 Å². The predicted molar refractivity (Wildman–Crippen MR) is 101 cm³/mol. The molecule has 1 aromatic carbocycles. The maximum atomic E-state index is 12.4. The van der Waals surface area contributed by atoms with Crippen LogP contribution in [0.4, 0.5) is 5.69 Å². The highest BCUT2D eigenvalue weighted by Crippen LogP contribution is 2.21. The first-order valence-corrected chi connectivity index (χ1v) is 10.3. The number of carbonyl (C=O) groups is 1. The molecule has 1 aromatic heterocycles. The smallest absolute Gasteiger partial charge is 0.270 e. The number of hydrogen-bond acceptors (Lipinski definition) is 6. The van der Waals surface area contributed by atoms with Gasteiger partial charge in [0.05, 0.1) is 9.82 Å².